The molecule has 0 aliphatic carbocycles. The van der Waals surface area contributed by atoms with E-state index in [0.717, 1.165) is 10.5 Å². The number of hydrogen-bond acceptors (Lipinski definition) is 5. The van der Waals surface area contributed by atoms with Gasteiger partial charge in [0.05, 0.1) is 34.1 Å². The lowest BCUT2D eigenvalue weighted by Gasteiger charge is -2.13. The van der Waals surface area contributed by atoms with Crippen molar-refractivity contribution in [1.29, 1.82) is 0 Å². The molecule has 0 aliphatic rings. The molecule has 1 N–H and O–H groups in total. The van der Waals surface area contributed by atoms with Crippen LogP contribution in [0, 0.1) is 0 Å². The monoisotopic (exact) mass is 542 g/mol. The van der Waals surface area contributed by atoms with Crippen molar-refractivity contribution in [3.63, 3.8) is 0 Å². The van der Waals surface area contributed by atoms with Crippen LogP contribution in [0.1, 0.15) is 11.1 Å². The largest absolute Gasteiger partial charge is 0.493 e. The SMILES string of the molecule is COc1cc(/C=N\NC(=O)CSc2ccc(Cl)cc2)cc(Cl)c1OCc1ccc(Cl)c(Cl)c1. The fraction of sp³-hybridized carbons (Fsp3) is 0.130. The maximum absolute atomic E-state index is 12.0. The summed E-state index contributed by atoms with van der Waals surface area (Å²) in [5.41, 5.74) is 3.94. The molecule has 0 fully saturated rings. The Balaban J connectivity index is 1.58. The van der Waals surface area contributed by atoms with Crippen LogP contribution in [0.15, 0.2) is 64.6 Å². The number of halogens is 4. The molecule has 0 radical (unpaired) electrons. The van der Waals surface area contributed by atoms with Crippen molar-refractivity contribution < 1.29 is 14.3 Å². The van der Waals surface area contributed by atoms with Crippen molar-refractivity contribution in [2.75, 3.05) is 12.9 Å². The average Bonchev–Trinajstić information content (AvgIpc) is 2.80. The molecule has 0 spiro atoms. The first-order chi connectivity index (χ1) is 15.9. The van der Waals surface area contributed by atoms with Gasteiger partial charge in [0.2, 0.25) is 5.91 Å². The van der Waals surface area contributed by atoms with Crippen molar-refractivity contribution in [3.8, 4) is 11.5 Å². The molecule has 3 rings (SSSR count). The van der Waals surface area contributed by atoms with Gasteiger partial charge in [-0.1, -0.05) is 52.5 Å². The minimum Gasteiger partial charge on any atom is -0.493 e. The molecular weight excluding hydrogens is 526 g/mol. The summed E-state index contributed by atoms with van der Waals surface area (Å²) >= 11 is 25.6. The van der Waals surface area contributed by atoms with E-state index in [9.17, 15) is 4.79 Å². The second kappa shape index (κ2) is 12.4. The highest BCUT2D eigenvalue weighted by Gasteiger charge is 2.12. The van der Waals surface area contributed by atoms with Gasteiger partial charge in [0.25, 0.3) is 0 Å². The number of nitrogens with one attached hydrogen (secondary N) is 1. The fourth-order valence-corrected chi connectivity index (χ4v) is 4.04. The highest BCUT2D eigenvalue weighted by atomic mass is 35.5. The fourth-order valence-electron chi connectivity index (χ4n) is 2.63. The zero-order valence-corrected chi connectivity index (χ0v) is 21.1. The van der Waals surface area contributed by atoms with Gasteiger partial charge in [0.15, 0.2) is 11.5 Å². The zero-order chi connectivity index (χ0) is 23.8. The number of amides is 1. The summed E-state index contributed by atoms with van der Waals surface area (Å²) in [5.74, 6) is 0.773. The zero-order valence-electron chi connectivity index (χ0n) is 17.3. The quantitative estimate of drug-likeness (QED) is 0.177. The van der Waals surface area contributed by atoms with E-state index in [1.165, 1.54) is 25.1 Å². The summed E-state index contributed by atoms with van der Waals surface area (Å²) in [6, 6.07) is 15.8. The highest BCUT2D eigenvalue weighted by Crippen LogP contribution is 2.37. The smallest absolute Gasteiger partial charge is 0.250 e. The molecule has 0 saturated heterocycles. The Kier molecular flexibility index (Phi) is 9.59. The van der Waals surface area contributed by atoms with Crippen molar-refractivity contribution in [3.05, 3.63) is 85.8 Å². The Hall–Kier alpha value is -2.09. The van der Waals surface area contributed by atoms with Crippen LogP contribution in [-0.2, 0) is 11.4 Å². The number of carbonyl (C=O) groups is 1. The summed E-state index contributed by atoms with van der Waals surface area (Å²) in [5, 5.41) is 5.87. The lowest BCUT2D eigenvalue weighted by Crippen LogP contribution is -2.19. The maximum Gasteiger partial charge on any atom is 0.250 e. The Morgan fingerprint density at radius 2 is 1.76 bits per heavy atom. The van der Waals surface area contributed by atoms with Crippen LogP contribution in [0.25, 0.3) is 0 Å². The van der Waals surface area contributed by atoms with Gasteiger partial charge in [-0.25, -0.2) is 5.43 Å². The number of hydrazone groups is 1. The van der Waals surface area contributed by atoms with Crippen LogP contribution < -0.4 is 14.9 Å². The molecule has 0 unspecified atom stereocenters. The molecule has 0 atom stereocenters. The van der Waals surface area contributed by atoms with E-state index >= 15 is 0 Å². The van der Waals surface area contributed by atoms with Crippen LogP contribution in [0.4, 0.5) is 0 Å². The van der Waals surface area contributed by atoms with Crippen molar-refractivity contribution >= 4 is 70.3 Å². The summed E-state index contributed by atoms with van der Waals surface area (Å²) in [6.07, 6.45) is 1.47. The molecule has 10 heteroatoms. The standard InChI is InChI=1S/C23H18Cl4N2O3S/c1-31-21-10-15(11-28-29-22(30)13-33-17-5-3-16(24)4-6-17)9-20(27)23(21)32-12-14-2-7-18(25)19(26)8-14/h2-11H,12-13H2,1H3,(H,29,30)/b28-11-. The summed E-state index contributed by atoms with van der Waals surface area (Å²) in [7, 11) is 1.51. The molecule has 33 heavy (non-hydrogen) atoms. The van der Waals surface area contributed by atoms with Gasteiger partial charge < -0.3 is 9.47 Å². The maximum atomic E-state index is 12.0. The number of hydrogen-bond donors (Lipinski definition) is 1. The molecule has 1 amide bonds. The first kappa shape index (κ1) is 25.5. The summed E-state index contributed by atoms with van der Waals surface area (Å²) in [6.45, 7) is 0.224. The third-order valence-electron chi connectivity index (χ3n) is 4.21. The lowest BCUT2D eigenvalue weighted by molar-refractivity contribution is -0.118. The van der Waals surface area contributed by atoms with Crippen LogP contribution in [0.3, 0.4) is 0 Å². The molecule has 3 aromatic carbocycles. The minimum absolute atomic E-state index is 0.213. The molecule has 0 bridgehead atoms. The van der Waals surface area contributed by atoms with Gasteiger partial charge >= 0.3 is 0 Å². The number of thioether (sulfide) groups is 1. The molecule has 5 nitrogen and oxygen atoms in total. The molecular formula is C23H18Cl4N2O3S. The predicted octanol–water partition coefficient (Wildman–Crippen LogP) is 7.13. The molecule has 172 valence electrons. The Labute approximate surface area is 216 Å². The van der Waals surface area contributed by atoms with Crippen molar-refractivity contribution in [1.82, 2.24) is 5.43 Å². The Morgan fingerprint density at radius 3 is 2.45 bits per heavy atom. The van der Waals surface area contributed by atoms with Gasteiger partial charge in [0.1, 0.15) is 6.61 Å². The minimum atomic E-state index is -0.245. The van der Waals surface area contributed by atoms with Crippen LogP contribution in [-0.4, -0.2) is 25.0 Å². The van der Waals surface area contributed by atoms with Gasteiger partial charge in [-0.15, -0.1) is 11.8 Å². The third kappa shape index (κ3) is 7.73. The van der Waals surface area contributed by atoms with E-state index in [0.29, 0.717) is 37.2 Å². The number of rotatable bonds is 9. The van der Waals surface area contributed by atoms with E-state index in [2.05, 4.69) is 10.5 Å². The average molecular weight is 544 g/mol. The normalized spacial score (nSPS) is 10.9. The molecule has 0 aromatic heterocycles. The highest BCUT2D eigenvalue weighted by molar-refractivity contribution is 8.00. The lowest BCUT2D eigenvalue weighted by atomic mass is 10.2. The first-order valence-electron chi connectivity index (χ1n) is 9.50. The van der Waals surface area contributed by atoms with Gasteiger partial charge in [-0.3, -0.25) is 4.79 Å². The van der Waals surface area contributed by atoms with Gasteiger partial charge in [-0.05, 0) is 59.7 Å². The third-order valence-corrected chi connectivity index (χ3v) is 6.49. The topological polar surface area (TPSA) is 59.9 Å². The molecule has 0 heterocycles. The Bertz CT molecular complexity index is 1160. The van der Waals surface area contributed by atoms with Crippen LogP contribution in [0.5, 0.6) is 11.5 Å². The van der Waals surface area contributed by atoms with E-state index < -0.39 is 0 Å². The number of nitrogens with zero attached hydrogens (tertiary/aromatic N) is 1. The molecule has 0 saturated carbocycles. The van der Waals surface area contributed by atoms with Crippen molar-refractivity contribution in [2.24, 2.45) is 5.10 Å². The van der Waals surface area contributed by atoms with E-state index in [1.807, 2.05) is 18.2 Å². The summed E-state index contributed by atoms with van der Waals surface area (Å²) in [4.78, 5) is 13.0. The number of ether oxygens (including phenoxy) is 2. The van der Waals surface area contributed by atoms with Crippen LogP contribution in [0.2, 0.25) is 20.1 Å². The Morgan fingerprint density at radius 1 is 1.00 bits per heavy atom. The number of carbonyl (C=O) groups excluding carboxylic acids is 1. The molecule has 0 aliphatic heterocycles. The number of methoxy groups -OCH3 is 1. The van der Waals surface area contributed by atoms with E-state index in [4.69, 9.17) is 55.9 Å². The number of benzene rings is 3. The van der Waals surface area contributed by atoms with Gasteiger partial charge in [-0.2, -0.15) is 5.10 Å². The van der Waals surface area contributed by atoms with E-state index in [-0.39, 0.29) is 18.3 Å². The molecule has 3 aromatic rings. The first-order valence-corrected chi connectivity index (χ1v) is 12.0. The van der Waals surface area contributed by atoms with Gasteiger partial charge in [0, 0.05) is 9.92 Å². The summed E-state index contributed by atoms with van der Waals surface area (Å²) < 4.78 is 11.2. The van der Waals surface area contributed by atoms with E-state index in [1.54, 1.807) is 36.4 Å². The van der Waals surface area contributed by atoms with Crippen molar-refractivity contribution in [2.45, 2.75) is 11.5 Å². The van der Waals surface area contributed by atoms with Crippen LogP contribution >= 0.6 is 58.2 Å². The second-order valence-electron chi connectivity index (χ2n) is 6.61. The second-order valence-corrected chi connectivity index (χ2v) is 9.31. The predicted molar refractivity (Wildman–Crippen MR) is 137 cm³/mol.